The van der Waals surface area contributed by atoms with Crippen molar-refractivity contribution >= 4 is 23.2 Å². The Kier molecular flexibility index (Phi) is 5.06. The number of nitrogens with zero attached hydrogens (tertiary/aromatic N) is 2. The number of anilines is 1. The summed E-state index contributed by atoms with van der Waals surface area (Å²) in [5.74, 6) is -6.53. The number of phenols is 1. The van der Waals surface area contributed by atoms with Crippen LogP contribution in [0.15, 0.2) is 34.8 Å². The zero-order valence-electron chi connectivity index (χ0n) is 18.8. The lowest BCUT2D eigenvalue weighted by Crippen LogP contribution is -2.63. The lowest BCUT2D eigenvalue weighted by Gasteiger charge is -2.50. The van der Waals surface area contributed by atoms with Crippen molar-refractivity contribution in [1.29, 1.82) is 0 Å². The van der Waals surface area contributed by atoms with E-state index in [9.17, 15) is 34.8 Å². The molecule has 1 amide bonds. The van der Waals surface area contributed by atoms with Crippen molar-refractivity contribution in [3.05, 3.63) is 45.9 Å². The van der Waals surface area contributed by atoms with Gasteiger partial charge in [0.1, 0.15) is 22.8 Å². The van der Waals surface area contributed by atoms with Crippen molar-refractivity contribution in [2.24, 2.45) is 17.6 Å². The maximum absolute atomic E-state index is 13.5. The van der Waals surface area contributed by atoms with Crippen LogP contribution in [0.25, 0.3) is 0 Å². The summed E-state index contributed by atoms with van der Waals surface area (Å²) in [4.78, 5) is 42.0. The van der Waals surface area contributed by atoms with E-state index in [-0.39, 0.29) is 29.7 Å². The number of benzene rings is 1. The number of aliphatic hydroxyl groups excluding tert-OH is 2. The molecule has 0 saturated heterocycles. The Balaban J connectivity index is 1.98. The van der Waals surface area contributed by atoms with E-state index in [2.05, 4.69) is 0 Å². The first kappa shape index (κ1) is 22.8. The molecule has 0 radical (unpaired) electrons. The molecular formula is C23H27N3O7. The SMILES string of the molecule is CN(C)c1ccc(O)c2c1CC1C[C@H]3C(N(C)C)C(O)=C(C(N)=O)C(=O)[C@@]3(O)C(O)=C1C2=O. The summed E-state index contributed by atoms with van der Waals surface area (Å²) in [5, 5.41) is 43.9. The molecule has 0 bridgehead atoms. The molecule has 176 valence electrons. The number of fused-ring (bicyclic) bond motifs is 3. The molecule has 0 fully saturated rings. The van der Waals surface area contributed by atoms with Crippen LogP contribution in [0.5, 0.6) is 5.75 Å². The molecule has 2 unspecified atom stereocenters. The Morgan fingerprint density at radius 3 is 2.30 bits per heavy atom. The van der Waals surface area contributed by atoms with Gasteiger partial charge in [0.25, 0.3) is 5.91 Å². The standard InChI is InChI=1S/C23H27N3O7/c1-25(2)12-5-6-13(27)15-10(12)7-9-8-11-17(26(3)4)19(29)16(22(24)32)21(31)23(11,33)20(30)14(9)18(15)28/h5-6,9,11,17,27,29-30,33H,7-8H2,1-4H3,(H2,24,32)/t9?,11-,17?,23-/m0/s1. The predicted octanol–water partition coefficient (Wildman–Crippen LogP) is 0.187. The Morgan fingerprint density at radius 2 is 1.76 bits per heavy atom. The van der Waals surface area contributed by atoms with Gasteiger partial charge in [-0.1, -0.05) is 0 Å². The average Bonchev–Trinajstić information content (AvgIpc) is 2.70. The molecule has 4 atom stereocenters. The minimum atomic E-state index is -2.63. The largest absolute Gasteiger partial charge is 0.510 e. The summed E-state index contributed by atoms with van der Waals surface area (Å²) in [6.45, 7) is 0. The zero-order valence-corrected chi connectivity index (χ0v) is 18.8. The number of primary amides is 1. The fourth-order valence-corrected chi connectivity index (χ4v) is 5.65. The number of ketones is 2. The van der Waals surface area contributed by atoms with E-state index in [0.717, 1.165) is 5.69 Å². The van der Waals surface area contributed by atoms with Crippen molar-refractivity contribution in [2.45, 2.75) is 24.5 Å². The second-order valence-corrected chi connectivity index (χ2v) is 9.31. The number of aromatic hydroxyl groups is 1. The van der Waals surface area contributed by atoms with E-state index in [1.165, 1.54) is 11.0 Å². The molecule has 4 rings (SSSR count). The first-order valence-electron chi connectivity index (χ1n) is 10.5. The summed E-state index contributed by atoms with van der Waals surface area (Å²) in [7, 11) is 6.79. The van der Waals surface area contributed by atoms with E-state index in [1.54, 1.807) is 39.2 Å². The molecule has 0 saturated carbocycles. The summed E-state index contributed by atoms with van der Waals surface area (Å²) in [6, 6.07) is 2.06. The van der Waals surface area contributed by atoms with Gasteiger partial charge in [0.2, 0.25) is 5.78 Å². The van der Waals surface area contributed by atoms with Crippen LogP contribution in [0.1, 0.15) is 22.3 Å². The highest BCUT2D eigenvalue weighted by molar-refractivity contribution is 6.24. The number of aliphatic hydroxyl groups is 3. The molecule has 0 aliphatic heterocycles. The minimum absolute atomic E-state index is 0.00184. The number of Topliss-reactive ketones (excluding diaryl/α,β-unsaturated/α-hetero) is 2. The molecule has 10 heteroatoms. The van der Waals surface area contributed by atoms with Gasteiger partial charge in [0.15, 0.2) is 11.4 Å². The van der Waals surface area contributed by atoms with Crippen LogP contribution < -0.4 is 10.6 Å². The predicted molar refractivity (Wildman–Crippen MR) is 118 cm³/mol. The summed E-state index contributed by atoms with van der Waals surface area (Å²) >= 11 is 0. The molecular weight excluding hydrogens is 430 g/mol. The van der Waals surface area contributed by atoms with Gasteiger partial charge in [-0.05, 0) is 50.6 Å². The van der Waals surface area contributed by atoms with Crippen LogP contribution >= 0.6 is 0 Å². The van der Waals surface area contributed by atoms with Gasteiger partial charge >= 0.3 is 0 Å². The third kappa shape index (κ3) is 2.90. The zero-order chi connectivity index (χ0) is 24.6. The van der Waals surface area contributed by atoms with Gasteiger partial charge in [0, 0.05) is 31.3 Å². The first-order valence-corrected chi connectivity index (χ1v) is 10.5. The molecule has 1 aromatic rings. The van der Waals surface area contributed by atoms with Crippen molar-refractivity contribution in [2.75, 3.05) is 33.1 Å². The fraction of sp³-hybridized carbons (Fsp3) is 0.435. The number of nitrogens with two attached hydrogens (primary N) is 1. The van der Waals surface area contributed by atoms with E-state index in [1.807, 2.05) is 0 Å². The summed E-state index contributed by atoms with van der Waals surface area (Å²) < 4.78 is 0. The van der Waals surface area contributed by atoms with Gasteiger partial charge < -0.3 is 31.1 Å². The van der Waals surface area contributed by atoms with Crippen LogP contribution in [0.4, 0.5) is 5.69 Å². The average molecular weight is 457 g/mol. The smallest absolute Gasteiger partial charge is 0.255 e. The van der Waals surface area contributed by atoms with E-state index in [4.69, 9.17) is 5.73 Å². The Bertz CT molecular complexity index is 1170. The van der Waals surface area contributed by atoms with Crippen LogP contribution in [0.3, 0.4) is 0 Å². The molecule has 3 aliphatic rings. The van der Waals surface area contributed by atoms with Crippen molar-refractivity contribution < 1.29 is 34.8 Å². The van der Waals surface area contributed by atoms with Crippen LogP contribution in [0.2, 0.25) is 0 Å². The highest BCUT2D eigenvalue weighted by Gasteiger charge is 2.63. The normalized spacial score (nSPS) is 29.1. The van der Waals surface area contributed by atoms with Crippen molar-refractivity contribution in [3.8, 4) is 5.75 Å². The molecule has 0 spiro atoms. The molecule has 1 aromatic carbocycles. The maximum atomic E-state index is 13.5. The van der Waals surface area contributed by atoms with Gasteiger partial charge in [-0.3, -0.25) is 19.3 Å². The lowest BCUT2D eigenvalue weighted by atomic mass is 9.58. The molecule has 0 aromatic heterocycles. The summed E-state index contributed by atoms with van der Waals surface area (Å²) in [6.07, 6.45) is 0.324. The Morgan fingerprint density at radius 1 is 1.12 bits per heavy atom. The first-order chi connectivity index (χ1) is 15.3. The van der Waals surface area contributed by atoms with E-state index < -0.39 is 58.0 Å². The second-order valence-electron chi connectivity index (χ2n) is 9.31. The quantitative estimate of drug-likeness (QED) is 0.398. The van der Waals surface area contributed by atoms with Crippen molar-refractivity contribution in [1.82, 2.24) is 4.90 Å². The number of phenolic OH excluding ortho intramolecular Hbond substituents is 1. The molecule has 0 heterocycles. The monoisotopic (exact) mass is 457 g/mol. The number of likely N-dealkylation sites (N-methyl/N-ethyl adjacent to an activating group) is 1. The van der Waals surface area contributed by atoms with Gasteiger partial charge in [-0.15, -0.1) is 0 Å². The highest BCUT2D eigenvalue weighted by atomic mass is 16.3. The van der Waals surface area contributed by atoms with Gasteiger partial charge in [-0.25, -0.2) is 0 Å². The minimum Gasteiger partial charge on any atom is -0.510 e. The second kappa shape index (κ2) is 7.32. The van der Waals surface area contributed by atoms with Crippen LogP contribution in [0, 0.1) is 11.8 Å². The number of rotatable bonds is 3. The molecule has 10 nitrogen and oxygen atoms in total. The number of amides is 1. The van der Waals surface area contributed by atoms with Crippen LogP contribution in [-0.2, 0) is 16.0 Å². The van der Waals surface area contributed by atoms with E-state index in [0.29, 0.717) is 5.56 Å². The number of carbonyl (C=O) groups is 3. The Hall–Kier alpha value is -3.37. The third-order valence-corrected chi connectivity index (χ3v) is 7.06. The third-order valence-electron chi connectivity index (χ3n) is 7.06. The Labute approximate surface area is 190 Å². The maximum Gasteiger partial charge on any atom is 0.255 e. The molecule has 6 N–H and O–H groups in total. The van der Waals surface area contributed by atoms with Crippen LogP contribution in [-0.4, -0.2) is 82.6 Å². The number of hydrogen-bond acceptors (Lipinski definition) is 9. The van der Waals surface area contributed by atoms with E-state index >= 15 is 0 Å². The number of carbonyl (C=O) groups excluding carboxylic acids is 3. The molecule has 3 aliphatic carbocycles. The summed E-state index contributed by atoms with van der Waals surface area (Å²) in [5.41, 5.74) is 3.02. The highest BCUT2D eigenvalue weighted by Crippen LogP contribution is 2.52. The van der Waals surface area contributed by atoms with Gasteiger partial charge in [-0.2, -0.15) is 0 Å². The van der Waals surface area contributed by atoms with Gasteiger partial charge in [0.05, 0.1) is 11.6 Å². The lowest BCUT2D eigenvalue weighted by molar-refractivity contribution is -0.148. The topological polar surface area (TPSA) is 165 Å². The van der Waals surface area contributed by atoms with Crippen molar-refractivity contribution in [3.63, 3.8) is 0 Å². The number of allylic oxidation sites excluding steroid dienone is 1. The fourth-order valence-electron chi connectivity index (χ4n) is 5.65. The molecule has 33 heavy (non-hydrogen) atoms. The number of hydrogen-bond donors (Lipinski definition) is 5.